The molecule has 1 aromatic rings. The van der Waals surface area contributed by atoms with Crippen LogP contribution >= 0.6 is 0 Å². The van der Waals surface area contributed by atoms with Gasteiger partial charge in [0, 0.05) is 28.2 Å². The summed E-state index contributed by atoms with van der Waals surface area (Å²) < 4.78 is 17.2. The SMILES string of the molecule is CCC(N)CS(=O)Cc1cc(C)ccc1OC. The molecule has 0 aliphatic heterocycles. The van der Waals surface area contributed by atoms with Crippen molar-refractivity contribution in [3.05, 3.63) is 29.3 Å². The van der Waals surface area contributed by atoms with Crippen molar-refractivity contribution >= 4 is 10.8 Å². The molecule has 1 aromatic carbocycles. The molecule has 0 amide bonds. The van der Waals surface area contributed by atoms with Crippen LogP contribution in [0.1, 0.15) is 24.5 Å². The maximum atomic E-state index is 11.9. The first-order valence-corrected chi connectivity index (χ1v) is 7.29. The van der Waals surface area contributed by atoms with Gasteiger partial charge >= 0.3 is 0 Å². The summed E-state index contributed by atoms with van der Waals surface area (Å²) in [4.78, 5) is 0. The molecule has 0 saturated heterocycles. The first kappa shape index (κ1) is 14.2. The third-order valence-electron chi connectivity index (χ3n) is 2.68. The highest BCUT2D eigenvalue weighted by molar-refractivity contribution is 7.84. The Balaban J connectivity index is 2.73. The van der Waals surface area contributed by atoms with E-state index in [9.17, 15) is 4.21 Å². The maximum absolute atomic E-state index is 11.9. The monoisotopic (exact) mass is 255 g/mol. The Bertz CT molecular complexity index is 393. The molecule has 0 saturated carbocycles. The average Bonchev–Trinajstić information content (AvgIpc) is 2.29. The summed E-state index contributed by atoms with van der Waals surface area (Å²) in [5.74, 6) is 1.86. The van der Waals surface area contributed by atoms with E-state index in [-0.39, 0.29) is 6.04 Å². The predicted octanol–water partition coefficient (Wildman–Crippen LogP) is 1.99. The Morgan fingerprint density at radius 1 is 1.47 bits per heavy atom. The van der Waals surface area contributed by atoms with Crippen molar-refractivity contribution in [3.63, 3.8) is 0 Å². The van der Waals surface area contributed by atoms with Crippen LogP contribution in [-0.2, 0) is 16.6 Å². The van der Waals surface area contributed by atoms with Crippen molar-refractivity contribution in [1.82, 2.24) is 0 Å². The lowest BCUT2D eigenvalue weighted by Gasteiger charge is -2.11. The van der Waals surface area contributed by atoms with E-state index in [2.05, 4.69) is 0 Å². The van der Waals surface area contributed by atoms with Gasteiger partial charge in [-0.3, -0.25) is 4.21 Å². The van der Waals surface area contributed by atoms with Crippen LogP contribution in [0.25, 0.3) is 0 Å². The Morgan fingerprint density at radius 2 is 2.18 bits per heavy atom. The van der Waals surface area contributed by atoms with Gasteiger partial charge in [-0.05, 0) is 19.4 Å². The van der Waals surface area contributed by atoms with Crippen LogP contribution in [0, 0.1) is 6.92 Å². The molecule has 96 valence electrons. The van der Waals surface area contributed by atoms with E-state index < -0.39 is 10.8 Å². The predicted molar refractivity (Wildman–Crippen MR) is 72.7 cm³/mol. The Hall–Kier alpha value is -0.870. The van der Waals surface area contributed by atoms with E-state index in [1.165, 1.54) is 0 Å². The van der Waals surface area contributed by atoms with Crippen molar-refractivity contribution in [2.75, 3.05) is 12.9 Å². The largest absolute Gasteiger partial charge is 0.496 e. The van der Waals surface area contributed by atoms with Crippen LogP contribution in [0.2, 0.25) is 0 Å². The smallest absolute Gasteiger partial charge is 0.123 e. The molecule has 3 nitrogen and oxygen atoms in total. The molecule has 17 heavy (non-hydrogen) atoms. The summed E-state index contributed by atoms with van der Waals surface area (Å²) in [5, 5.41) is 0. The molecular weight excluding hydrogens is 234 g/mol. The maximum Gasteiger partial charge on any atom is 0.123 e. The fourth-order valence-electron chi connectivity index (χ4n) is 1.61. The third-order valence-corrected chi connectivity index (χ3v) is 4.11. The first-order valence-electron chi connectivity index (χ1n) is 5.80. The zero-order valence-electron chi connectivity index (χ0n) is 10.7. The van der Waals surface area contributed by atoms with E-state index in [1.54, 1.807) is 7.11 Å². The van der Waals surface area contributed by atoms with Crippen molar-refractivity contribution in [2.24, 2.45) is 5.73 Å². The van der Waals surface area contributed by atoms with E-state index in [1.807, 2.05) is 32.0 Å². The van der Waals surface area contributed by atoms with Crippen molar-refractivity contribution in [1.29, 1.82) is 0 Å². The quantitative estimate of drug-likeness (QED) is 0.845. The Kier molecular flexibility index (Phi) is 5.65. The number of hydrogen-bond donors (Lipinski definition) is 1. The summed E-state index contributed by atoms with van der Waals surface area (Å²) in [6, 6.07) is 5.95. The van der Waals surface area contributed by atoms with Crippen LogP contribution < -0.4 is 10.5 Å². The van der Waals surface area contributed by atoms with Crippen LogP contribution in [0.15, 0.2) is 18.2 Å². The van der Waals surface area contributed by atoms with E-state index in [4.69, 9.17) is 10.5 Å². The Labute approximate surface area is 106 Å². The third kappa shape index (κ3) is 4.48. The van der Waals surface area contributed by atoms with E-state index >= 15 is 0 Å². The van der Waals surface area contributed by atoms with Gasteiger partial charge in [-0.25, -0.2) is 0 Å². The molecule has 4 heteroatoms. The number of aryl methyl sites for hydroxylation is 1. The van der Waals surface area contributed by atoms with E-state index in [0.29, 0.717) is 11.5 Å². The minimum Gasteiger partial charge on any atom is -0.496 e. The summed E-state index contributed by atoms with van der Waals surface area (Å²) >= 11 is 0. The highest BCUT2D eigenvalue weighted by atomic mass is 32.2. The second kappa shape index (κ2) is 6.77. The molecule has 2 unspecified atom stereocenters. The van der Waals surface area contributed by atoms with Crippen LogP contribution in [-0.4, -0.2) is 23.1 Å². The van der Waals surface area contributed by atoms with Gasteiger partial charge in [0.1, 0.15) is 5.75 Å². The van der Waals surface area contributed by atoms with Gasteiger partial charge in [0.15, 0.2) is 0 Å². The molecule has 0 radical (unpaired) electrons. The van der Waals surface area contributed by atoms with Crippen molar-refractivity contribution in [2.45, 2.75) is 32.1 Å². The van der Waals surface area contributed by atoms with Crippen LogP contribution in [0.4, 0.5) is 0 Å². The molecule has 2 atom stereocenters. The second-order valence-corrected chi connectivity index (χ2v) is 5.74. The summed E-state index contributed by atoms with van der Waals surface area (Å²) in [5.41, 5.74) is 7.95. The lowest BCUT2D eigenvalue weighted by Crippen LogP contribution is -2.26. The topological polar surface area (TPSA) is 52.3 Å². The first-order chi connectivity index (χ1) is 8.06. The molecule has 0 aliphatic rings. The standard InChI is InChI=1S/C13H21NO2S/c1-4-12(14)9-17(15)8-11-7-10(2)5-6-13(11)16-3/h5-7,12H,4,8-9,14H2,1-3H3. The number of rotatable bonds is 6. The zero-order valence-corrected chi connectivity index (χ0v) is 11.5. The zero-order chi connectivity index (χ0) is 12.8. The molecule has 1 rings (SSSR count). The normalized spacial score (nSPS) is 14.4. The number of methoxy groups -OCH3 is 1. The molecule has 0 heterocycles. The molecule has 0 fully saturated rings. The van der Waals surface area contributed by atoms with Gasteiger partial charge in [0.2, 0.25) is 0 Å². The summed E-state index contributed by atoms with van der Waals surface area (Å²) in [6.45, 7) is 4.03. The minimum atomic E-state index is -0.926. The van der Waals surface area contributed by atoms with Gasteiger partial charge in [0.25, 0.3) is 0 Å². The summed E-state index contributed by atoms with van der Waals surface area (Å²) in [7, 11) is 0.708. The lowest BCUT2D eigenvalue weighted by molar-refractivity contribution is 0.411. The number of hydrogen-bond acceptors (Lipinski definition) is 3. The molecule has 2 N–H and O–H groups in total. The van der Waals surface area contributed by atoms with Gasteiger partial charge < -0.3 is 10.5 Å². The minimum absolute atomic E-state index is 0.0200. The van der Waals surface area contributed by atoms with E-state index in [0.717, 1.165) is 23.3 Å². The van der Waals surface area contributed by atoms with Crippen LogP contribution in [0.3, 0.4) is 0 Å². The van der Waals surface area contributed by atoms with Crippen LogP contribution in [0.5, 0.6) is 5.75 Å². The number of benzene rings is 1. The van der Waals surface area contributed by atoms with Gasteiger partial charge in [-0.15, -0.1) is 0 Å². The molecule has 0 bridgehead atoms. The molecular formula is C13H21NO2S. The van der Waals surface area contributed by atoms with Gasteiger partial charge in [-0.1, -0.05) is 24.6 Å². The van der Waals surface area contributed by atoms with Gasteiger partial charge in [0.05, 0.1) is 12.9 Å². The number of nitrogens with two attached hydrogens (primary N) is 1. The average molecular weight is 255 g/mol. The fourth-order valence-corrected chi connectivity index (χ4v) is 3.01. The Morgan fingerprint density at radius 3 is 2.76 bits per heavy atom. The summed E-state index contributed by atoms with van der Waals surface area (Å²) in [6.07, 6.45) is 0.858. The highest BCUT2D eigenvalue weighted by Gasteiger charge is 2.10. The fraction of sp³-hybridized carbons (Fsp3) is 0.538. The van der Waals surface area contributed by atoms with Crippen molar-refractivity contribution < 1.29 is 8.95 Å². The molecule has 0 spiro atoms. The van der Waals surface area contributed by atoms with Gasteiger partial charge in [-0.2, -0.15) is 0 Å². The molecule has 0 aromatic heterocycles. The molecule has 0 aliphatic carbocycles. The second-order valence-electron chi connectivity index (χ2n) is 4.23. The lowest BCUT2D eigenvalue weighted by atomic mass is 10.1. The van der Waals surface area contributed by atoms with Crippen molar-refractivity contribution in [3.8, 4) is 5.75 Å². The number of ether oxygens (including phenoxy) is 1. The highest BCUT2D eigenvalue weighted by Crippen LogP contribution is 2.21.